The number of hydrogen-bond acceptors (Lipinski definition) is 5. The molecule has 2 aromatic rings. The highest BCUT2D eigenvalue weighted by atomic mass is 32.2. The lowest BCUT2D eigenvalue weighted by molar-refractivity contribution is -0.140. The molecule has 0 bridgehead atoms. The topological polar surface area (TPSA) is 61.2 Å². The second kappa shape index (κ2) is 7.89. The van der Waals surface area contributed by atoms with Gasteiger partial charge in [-0.1, -0.05) is 35.5 Å². The highest BCUT2D eigenvalue weighted by Gasteiger charge is 2.34. The van der Waals surface area contributed by atoms with Gasteiger partial charge < -0.3 is 4.74 Å². The first kappa shape index (κ1) is 18.3. The van der Waals surface area contributed by atoms with Gasteiger partial charge >= 0.3 is 5.97 Å². The van der Waals surface area contributed by atoms with Gasteiger partial charge in [0.2, 0.25) is 0 Å². The van der Waals surface area contributed by atoms with Crippen LogP contribution in [0.25, 0.3) is 10.9 Å². The standard InChI is InChI=1S/C21H24N2O3S/c1-14-13-18(20(25)26-14)27-21-22-17-10-6-5-9-16(17)19(24)23(21)12-11-15-7-3-2-4-8-15/h5-7,9-10,14,18H,2-4,8,11-13H2,1H3/t14-,18-/m0/s1. The van der Waals surface area contributed by atoms with Crippen molar-refractivity contribution in [2.45, 2.75) is 68.5 Å². The molecule has 142 valence electrons. The fraction of sp³-hybridized carbons (Fsp3) is 0.476. The number of benzene rings is 1. The molecular weight excluding hydrogens is 360 g/mol. The van der Waals surface area contributed by atoms with Crippen LogP contribution in [0.15, 0.2) is 45.9 Å². The van der Waals surface area contributed by atoms with Crippen LogP contribution >= 0.6 is 11.8 Å². The van der Waals surface area contributed by atoms with Crippen molar-refractivity contribution in [3.63, 3.8) is 0 Å². The van der Waals surface area contributed by atoms with Gasteiger partial charge in [0.25, 0.3) is 5.56 Å². The number of esters is 1. The number of para-hydroxylation sites is 1. The molecule has 27 heavy (non-hydrogen) atoms. The Morgan fingerprint density at radius 2 is 2.11 bits per heavy atom. The van der Waals surface area contributed by atoms with E-state index in [4.69, 9.17) is 9.72 Å². The number of thioether (sulfide) groups is 1. The summed E-state index contributed by atoms with van der Waals surface area (Å²) in [6.45, 7) is 2.50. The maximum Gasteiger partial charge on any atom is 0.319 e. The fourth-order valence-corrected chi connectivity index (χ4v) is 4.99. The van der Waals surface area contributed by atoms with E-state index in [0.29, 0.717) is 29.0 Å². The molecule has 1 saturated heterocycles. The van der Waals surface area contributed by atoms with Gasteiger partial charge in [-0.05, 0) is 51.2 Å². The minimum absolute atomic E-state index is 0.0288. The Bertz CT molecular complexity index is 950. The lowest BCUT2D eigenvalue weighted by Crippen LogP contribution is -2.25. The number of carbonyl (C=O) groups is 1. The van der Waals surface area contributed by atoms with E-state index in [2.05, 4.69) is 6.08 Å². The zero-order chi connectivity index (χ0) is 18.8. The molecule has 6 heteroatoms. The van der Waals surface area contributed by atoms with Gasteiger partial charge in [0.15, 0.2) is 5.16 Å². The number of hydrogen-bond donors (Lipinski definition) is 0. The zero-order valence-corrected chi connectivity index (χ0v) is 16.3. The van der Waals surface area contributed by atoms with Crippen molar-refractivity contribution in [1.82, 2.24) is 9.55 Å². The molecule has 0 radical (unpaired) electrons. The number of cyclic esters (lactones) is 1. The van der Waals surface area contributed by atoms with Crippen LogP contribution in [0.4, 0.5) is 0 Å². The van der Waals surface area contributed by atoms with Gasteiger partial charge in [0.05, 0.1) is 10.9 Å². The van der Waals surface area contributed by atoms with E-state index in [0.717, 1.165) is 19.3 Å². The Morgan fingerprint density at radius 1 is 1.26 bits per heavy atom. The van der Waals surface area contributed by atoms with Gasteiger partial charge in [-0.15, -0.1) is 0 Å². The van der Waals surface area contributed by atoms with E-state index < -0.39 is 0 Å². The molecule has 2 atom stereocenters. The summed E-state index contributed by atoms with van der Waals surface area (Å²) in [5.74, 6) is -0.212. The summed E-state index contributed by atoms with van der Waals surface area (Å²) in [5.41, 5.74) is 2.07. The molecule has 0 saturated carbocycles. The second-order valence-electron chi connectivity index (χ2n) is 7.32. The highest BCUT2D eigenvalue weighted by molar-refractivity contribution is 8.00. The molecule has 4 rings (SSSR count). The van der Waals surface area contributed by atoms with Crippen molar-refractivity contribution >= 4 is 28.6 Å². The molecule has 1 aromatic heterocycles. The van der Waals surface area contributed by atoms with Crippen molar-refractivity contribution < 1.29 is 9.53 Å². The van der Waals surface area contributed by atoms with Crippen LogP contribution in [0.3, 0.4) is 0 Å². The van der Waals surface area contributed by atoms with Gasteiger partial charge in [-0.3, -0.25) is 14.2 Å². The van der Waals surface area contributed by atoms with E-state index in [-0.39, 0.29) is 22.9 Å². The second-order valence-corrected chi connectivity index (χ2v) is 8.49. The summed E-state index contributed by atoms with van der Waals surface area (Å²) in [7, 11) is 0. The number of ether oxygens (including phenoxy) is 1. The fourth-order valence-electron chi connectivity index (χ4n) is 3.77. The summed E-state index contributed by atoms with van der Waals surface area (Å²) < 4.78 is 7.02. The lowest BCUT2D eigenvalue weighted by Gasteiger charge is -2.17. The van der Waals surface area contributed by atoms with E-state index in [1.54, 1.807) is 4.57 Å². The van der Waals surface area contributed by atoms with Crippen molar-refractivity contribution in [3.8, 4) is 0 Å². The Hall–Kier alpha value is -2.08. The summed E-state index contributed by atoms with van der Waals surface area (Å²) in [6.07, 6.45) is 8.47. The first-order chi connectivity index (χ1) is 13.1. The summed E-state index contributed by atoms with van der Waals surface area (Å²) in [5, 5.41) is 0.946. The van der Waals surface area contributed by atoms with E-state index in [1.165, 1.54) is 30.2 Å². The number of fused-ring (bicyclic) bond motifs is 1. The molecular formula is C21H24N2O3S. The first-order valence-electron chi connectivity index (χ1n) is 9.66. The van der Waals surface area contributed by atoms with Crippen molar-refractivity contribution in [3.05, 3.63) is 46.3 Å². The average Bonchev–Trinajstić information content (AvgIpc) is 2.99. The van der Waals surface area contributed by atoms with Crippen LogP contribution in [0.1, 0.15) is 45.4 Å². The SMILES string of the molecule is C[C@H]1C[C@H](Sc2nc3ccccc3c(=O)n2CCC2=CCCCC2)C(=O)O1. The monoisotopic (exact) mass is 384 g/mol. The number of aromatic nitrogens is 2. The third kappa shape index (κ3) is 3.95. The maximum atomic E-state index is 13.1. The third-order valence-corrected chi connectivity index (χ3v) is 6.43. The molecule has 5 nitrogen and oxygen atoms in total. The van der Waals surface area contributed by atoms with Crippen molar-refractivity contribution in [2.24, 2.45) is 0 Å². The minimum atomic E-state index is -0.298. The first-order valence-corrected chi connectivity index (χ1v) is 10.5. The molecule has 1 aromatic carbocycles. The Morgan fingerprint density at radius 3 is 2.85 bits per heavy atom. The van der Waals surface area contributed by atoms with Crippen LogP contribution < -0.4 is 5.56 Å². The van der Waals surface area contributed by atoms with E-state index in [9.17, 15) is 9.59 Å². The molecule has 0 unspecified atom stereocenters. The average molecular weight is 385 g/mol. The molecule has 0 spiro atoms. The largest absolute Gasteiger partial charge is 0.462 e. The molecule has 2 heterocycles. The zero-order valence-electron chi connectivity index (χ0n) is 15.5. The predicted molar refractivity (Wildman–Crippen MR) is 107 cm³/mol. The molecule has 1 aliphatic carbocycles. The summed E-state index contributed by atoms with van der Waals surface area (Å²) in [6, 6.07) is 7.42. The van der Waals surface area contributed by atoms with Crippen molar-refractivity contribution in [2.75, 3.05) is 0 Å². The third-order valence-electron chi connectivity index (χ3n) is 5.24. The number of rotatable bonds is 5. The number of nitrogens with zero attached hydrogens (tertiary/aromatic N) is 2. The number of carbonyl (C=O) groups excluding carboxylic acids is 1. The normalized spacial score (nSPS) is 22.7. The van der Waals surface area contributed by atoms with Crippen LogP contribution in [-0.4, -0.2) is 26.9 Å². The lowest BCUT2D eigenvalue weighted by atomic mass is 9.97. The maximum absolute atomic E-state index is 13.1. The smallest absolute Gasteiger partial charge is 0.319 e. The van der Waals surface area contributed by atoms with E-state index >= 15 is 0 Å². The highest BCUT2D eigenvalue weighted by Crippen LogP contribution is 2.32. The van der Waals surface area contributed by atoms with E-state index in [1.807, 2.05) is 31.2 Å². The van der Waals surface area contributed by atoms with Crippen molar-refractivity contribution in [1.29, 1.82) is 0 Å². The van der Waals surface area contributed by atoms with Crippen LogP contribution in [0.5, 0.6) is 0 Å². The molecule has 2 aliphatic rings. The van der Waals surface area contributed by atoms with Gasteiger partial charge in [0, 0.05) is 13.0 Å². The summed E-state index contributed by atoms with van der Waals surface area (Å²) >= 11 is 1.36. The van der Waals surface area contributed by atoms with Gasteiger partial charge in [-0.25, -0.2) is 4.98 Å². The van der Waals surface area contributed by atoms with Crippen LogP contribution in [0, 0.1) is 0 Å². The molecule has 0 amide bonds. The molecule has 0 N–H and O–H groups in total. The summed E-state index contributed by atoms with van der Waals surface area (Å²) in [4.78, 5) is 29.9. The van der Waals surface area contributed by atoms with Gasteiger partial charge in [-0.2, -0.15) is 0 Å². The molecule has 1 fully saturated rings. The Labute approximate surface area is 162 Å². The minimum Gasteiger partial charge on any atom is -0.462 e. The number of allylic oxidation sites excluding steroid dienone is 2. The molecule has 1 aliphatic heterocycles. The predicted octanol–water partition coefficient (Wildman–Crippen LogP) is 4.08. The Kier molecular flexibility index (Phi) is 5.34. The Balaban J connectivity index is 1.67. The quantitative estimate of drug-likeness (QED) is 0.442. The van der Waals surface area contributed by atoms with Crippen LogP contribution in [0.2, 0.25) is 0 Å². The van der Waals surface area contributed by atoms with Gasteiger partial charge in [0.1, 0.15) is 11.4 Å². The van der Waals surface area contributed by atoms with Crippen LogP contribution in [-0.2, 0) is 16.1 Å².